The third kappa shape index (κ3) is 4.78. The highest BCUT2D eigenvalue weighted by atomic mass is 32.2. The SMILES string of the molecule is CCOC(=O)CN1C(=O)S/C(=C/c2ccc(OCC)cc2OCC)C1=O. The summed E-state index contributed by atoms with van der Waals surface area (Å²) in [6.45, 7) is 6.16. The number of hydrogen-bond donors (Lipinski definition) is 0. The molecule has 1 saturated heterocycles. The van der Waals surface area contributed by atoms with Crippen molar-refractivity contribution in [2.24, 2.45) is 0 Å². The third-order valence-corrected chi connectivity index (χ3v) is 4.26. The van der Waals surface area contributed by atoms with Crippen LogP contribution in [-0.4, -0.2) is 48.4 Å². The number of benzene rings is 1. The fourth-order valence-electron chi connectivity index (χ4n) is 2.28. The Hall–Kier alpha value is -2.48. The standard InChI is InChI=1S/C18H21NO6S/c1-4-23-13-8-7-12(14(10-13)24-5-2)9-15-17(21)19(18(22)26-15)11-16(20)25-6-3/h7-10H,4-6,11H2,1-3H3/b15-9+. The van der Waals surface area contributed by atoms with E-state index in [0.29, 0.717) is 30.3 Å². The van der Waals surface area contributed by atoms with Crippen molar-refractivity contribution in [1.82, 2.24) is 4.90 Å². The Balaban J connectivity index is 2.25. The number of imide groups is 1. The van der Waals surface area contributed by atoms with Crippen LogP contribution in [0, 0.1) is 0 Å². The van der Waals surface area contributed by atoms with E-state index in [2.05, 4.69) is 0 Å². The third-order valence-electron chi connectivity index (χ3n) is 3.35. The highest BCUT2D eigenvalue weighted by molar-refractivity contribution is 8.18. The van der Waals surface area contributed by atoms with Gasteiger partial charge in [-0.2, -0.15) is 0 Å². The molecule has 0 unspecified atom stereocenters. The van der Waals surface area contributed by atoms with Gasteiger partial charge in [-0.25, -0.2) is 0 Å². The predicted molar refractivity (Wildman–Crippen MR) is 98.1 cm³/mol. The fourth-order valence-corrected chi connectivity index (χ4v) is 3.11. The van der Waals surface area contributed by atoms with E-state index in [4.69, 9.17) is 14.2 Å². The first-order chi connectivity index (χ1) is 12.5. The quantitative estimate of drug-likeness (QED) is 0.507. The molecule has 140 valence electrons. The molecular formula is C18H21NO6S. The monoisotopic (exact) mass is 379 g/mol. The van der Waals surface area contributed by atoms with Gasteiger partial charge in [0.05, 0.1) is 24.7 Å². The van der Waals surface area contributed by atoms with Crippen molar-refractivity contribution >= 4 is 35.0 Å². The molecule has 2 rings (SSSR count). The summed E-state index contributed by atoms with van der Waals surface area (Å²) in [5, 5.41) is -0.502. The Morgan fingerprint density at radius 2 is 1.85 bits per heavy atom. The van der Waals surface area contributed by atoms with Crippen molar-refractivity contribution in [3.05, 3.63) is 28.7 Å². The molecule has 26 heavy (non-hydrogen) atoms. The van der Waals surface area contributed by atoms with Crippen molar-refractivity contribution in [3.63, 3.8) is 0 Å². The second kappa shape index (κ2) is 9.28. The highest BCUT2D eigenvalue weighted by Gasteiger charge is 2.36. The predicted octanol–water partition coefficient (Wildman–Crippen LogP) is 3.08. The molecule has 0 aliphatic carbocycles. The van der Waals surface area contributed by atoms with Crippen molar-refractivity contribution < 1.29 is 28.6 Å². The molecule has 1 aromatic rings. The summed E-state index contributed by atoms with van der Waals surface area (Å²) in [5.41, 5.74) is 0.650. The van der Waals surface area contributed by atoms with Crippen LogP contribution >= 0.6 is 11.8 Å². The van der Waals surface area contributed by atoms with Gasteiger partial charge in [0.1, 0.15) is 18.0 Å². The fraction of sp³-hybridized carbons (Fsp3) is 0.389. The van der Waals surface area contributed by atoms with E-state index in [1.54, 1.807) is 31.2 Å². The van der Waals surface area contributed by atoms with Crippen LogP contribution in [0.1, 0.15) is 26.3 Å². The zero-order valence-electron chi connectivity index (χ0n) is 14.9. The molecular weight excluding hydrogens is 358 g/mol. The number of rotatable bonds is 8. The molecule has 1 aliphatic rings. The topological polar surface area (TPSA) is 82.1 Å². The highest BCUT2D eigenvalue weighted by Crippen LogP contribution is 2.35. The van der Waals surface area contributed by atoms with Crippen molar-refractivity contribution in [2.75, 3.05) is 26.4 Å². The number of ether oxygens (including phenoxy) is 3. The summed E-state index contributed by atoms with van der Waals surface area (Å²) in [4.78, 5) is 37.2. The first-order valence-corrected chi connectivity index (χ1v) is 9.12. The number of thioether (sulfide) groups is 1. The average Bonchev–Trinajstić information content (AvgIpc) is 2.85. The molecule has 0 spiro atoms. The molecule has 0 saturated carbocycles. The molecule has 0 atom stereocenters. The Bertz CT molecular complexity index is 730. The number of carbonyl (C=O) groups is 3. The van der Waals surface area contributed by atoms with Crippen LogP contribution in [0.5, 0.6) is 11.5 Å². The lowest BCUT2D eigenvalue weighted by Crippen LogP contribution is -2.34. The normalized spacial score (nSPS) is 15.5. The maximum atomic E-state index is 12.4. The van der Waals surface area contributed by atoms with Crippen molar-refractivity contribution in [3.8, 4) is 11.5 Å². The maximum absolute atomic E-state index is 12.4. The van der Waals surface area contributed by atoms with Gasteiger partial charge in [0.25, 0.3) is 11.1 Å². The van der Waals surface area contributed by atoms with Crippen LogP contribution in [0.2, 0.25) is 0 Å². The lowest BCUT2D eigenvalue weighted by Gasteiger charge is -2.11. The number of hydrogen-bond acceptors (Lipinski definition) is 7. The number of esters is 1. The molecule has 1 aliphatic heterocycles. The number of nitrogens with zero attached hydrogens (tertiary/aromatic N) is 1. The minimum absolute atomic E-state index is 0.189. The molecule has 0 aromatic heterocycles. The van der Waals surface area contributed by atoms with Crippen LogP contribution in [0.3, 0.4) is 0 Å². The zero-order chi connectivity index (χ0) is 19.1. The van der Waals surface area contributed by atoms with Gasteiger partial charge in [0.2, 0.25) is 0 Å². The summed E-state index contributed by atoms with van der Waals surface area (Å²) < 4.78 is 15.8. The summed E-state index contributed by atoms with van der Waals surface area (Å²) in [6, 6.07) is 5.26. The van der Waals surface area contributed by atoms with Gasteiger partial charge >= 0.3 is 5.97 Å². The van der Waals surface area contributed by atoms with Crippen molar-refractivity contribution in [1.29, 1.82) is 0 Å². The van der Waals surface area contributed by atoms with Crippen molar-refractivity contribution in [2.45, 2.75) is 20.8 Å². The first-order valence-electron chi connectivity index (χ1n) is 8.30. The molecule has 7 nitrogen and oxygen atoms in total. The number of amides is 2. The van der Waals surface area contributed by atoms with E-state index in [-0.39, 0.29) is 11.5 Å². The largest absolute Gasteiger partial charge is 0.494 e. The summed E-state index contributed by atoms with van der Waals surface area (Å²) >= 11 is 0.782. The second-order valence-electron chi connectivity index (χ2n) is 5.14. The van der Waals surface area contributed by atoms with Gasteiger partial charge in [-0.3, -0.25) is 19.3 Å². The Labute approximate surface area is 156 Å². The van der Waals surface area contributed by atoms with Gasteiger partial charge in [0.15, 0.2) is 0 Å². The zero-order valence-corrected chi connectivity index (χ0v) is 15.8. The molecule has 2 amide bonds. The summed E-state index contributed by atoms with van der Waals surface area (Å²) in [5.74, 6) is 0.0654. The molecule has 1 aromatic carbocycles. The van der Waals surface area contributed by atoms with E-state index < -0.39 is 23.7 Å². The van der Waals surface area contributed by atoms with Crippen LogP contribution < -0.4 is 9.47 Å². The van der Waals surface area contributed by atoms with Crippen LogP contribution in [0.15, 0.2) is 23.1 Å². The van der Waals surface area contributed by atoms with Crippen LogP contribution in [0.25, 0.3) is 6.08 Å². The van der Waals surface area contributed by atoms with Crippen LogP contribution in [-0.2, 0) is 14.3 Å². The molecule has 0 bridgehead atoms. The van der Waals surface area contributed by atoms with E-state index in [1.165, 1.54) is 0 Å². The first kappa shape index (κ1) is 19.8. The van der Waals surface area contributed by atoms with Gasteiger partial charge in [-0.1, -0.05) is 0 Å². The lowest BCUT2D eigenvalue weighted by atomic mass is 10.1. The van der Waals surface area contributed by atoms with E-state index in [9.17, 15) is 14.4 Å². The minimum atomic E-state index is -0.618. The van der Waals surface area contributed by atoms with Gasteiger partial charge < -0.3 is 14.2 Å². The molecule has 0 radical (unpaired) electrons. The molecule has 1 heterocycles. The van der Waals surface area contributed by atoms with Gasteiger partial charge in [-0.05, 0) is 50.7 Å². The van der Waals surface area contributed by atoms with E-state index in [1.807, 2.05) is 13.8 Å². The Morgan fingerprint density at radius 3 is 2.50 bits per heavy atom. The van der Waals surface area contributed by atoms with E-state index >= 15 is 0 Å². The molecule has 1 fully saturated rings. The lowest BCUT2D eigenvalue weighted by molar-refractivity contribution is -0.145. The summed E-state index contributed by atoms with van der Waals surface area (Å²) in [6.07, 6.45) is 1.58. The van der Waals surface area contributed by atoms with Gasteiger partial charge in [0, 0.05) is 11.6 Å². The Morgan fingerprint density at radius 1 is 1.12 bits per heavy atom. The number of carbonyl (C=O) groups excluding carboxylic acids is 3. The minimum Gasteiger partial charge on any atom is -0.494 e. The van der Waals surface area contributed by atoms with E-state index in [0.717, 1.165) is 16.7 Å². The summed E-state index contributed by atoms with van der Waals surface area (Å²) in [7, 11) is 0. The molecule has 8 heteroatoms. The average molecular weight is 379 g/mol. The van der Waals surface area contributed by atoms with Crippen LogP contribution in [0.4, 0.5) is 4.79 Å². The Kier molecular flexibility index (Phi) is 7.08. The second-order valence-corrected chi connectivity index (χ2v) is 6.13. The maximum Gasteiger partial charge on any atom is 0.326 e. The molecule has 0 N–H and O–H groups in total. The van der Waals surface area contributed by atoms with Gasteiger partial charge in [-0.15, -0.1) is 0 Å². The smallest absolute Gasteiger partial charge is 0.326 e.